The number of hydrogen-bond acceptors (Lipinski definition) is 5. The third kappa shape index (κ3) is 3.35. The standard InChI is InChI=1S/C22H24F2N4O4/c1-3-25-14-8-12-10-27(4-2)22(32)18-20(30)19(29)15(17(14)28(12)18)21(31)26-9-11-6-5-7-13(23)16(11)24/h5-7,12,14,25,30H,3-4,8-10H2,1-2H3,(H,26,31)/t12-,14-/m1/s1. The van der Waals surface area contributed by atoms with Crippen molar-refractivity contribution in [1.82, 2.24) is 20.1 Å². The molecule has 0 unspecified atom stereocenters. The number of rotatable bonds is 6. The van der Waals surface area contributed by atoms with Gasteiger partial charge < -0.3 is 25.2 Å². The van der Waals surface area contributed by atoms with Gasteiger partial charge in [-0.25, -0.2) is 8.78 Å². The van der Waals surface area contributed by atoms with E-state index in [0.29, 0.717) is 31.7 Å². The second kappa shape index (κ2) is 8.34. The average molecular weight is 446 g/mol. The van der Waals surface area contributed by atoms with E-state index in [1.165, 1.54) is 12.1 Å². The number of aromatic hydroxyl groups is 1. The molecular weight excluding hydrogens is 422 g/mol. The SMILES string of the molecule is CCN[C@@H]1C[C@@H]2CN(CC)C(=O)c3c(O)c(=O)c(C(=O)NCc4cccc(F)c4F)c1n32. The summed E-state index contributed by atoms with van der Waals surface area (Å²) in [5.41, 5.74) is -1.12. The van der Waals surface area contributed by atoms with Crippen molar-refractivity contribution < 1.29 is 23.5 Å². The largest absolute Gasteiger partial charge is 0.503 e. The van der Waals surface area contributed by atoms with Gasteiger partial charge in [0, 0.05) is 25.2 Å². The highest BCUT2D eigenvalue weighted by molar-refractivity contribution is 6.00. The van der Waals surface area contributed by atoms with E-state index >= 15 is 0 Å². The Bertz CT molecular complexity index is 1160. The Morgan fingerprint density at radius 2 is 2.00 bits per heavy atom. The molecule has 1 aromatic carbocycles. The molecule has 4 rings (SSSR count). The molecule has 0 fully saturated rings. The van der Waals surface area contributed by atoms with Gasteiger partial charge in [0.2, 0.25) is 5.43 Å². The van der Waals surface area contributed by atoms with E-state index in [9.17, 15) is 28.3 Å². The van der Waals surface area contributed by atoms with Gasteiger partial charge in [-0.2, -0.15) is 0 Å². The monoisotopic (exact) mass is 446 g/mol. The lowest BCUT2D eigenvalue weighted by molar-refractivity contribution is 0.0675. The highest BCUT2D eigenvalue weighted by Crippen LogP contribution is 2.42. The number of nitrogens with one attached hydrogen (secondary N) is 2. The van der Waals surface area contributed by atoms with Crippen LogP contribution in [0.1, 0.15) is 64.5 Å². The van der Waals surface area contributed by atoms with Crippen LogP contribution in [0.3, 0.4) is 0 Å². The molecule has 170 valence electrons. The molecule has 0 bridgehead atoms. The van der Waals surface area contributed by atoms with Gasteiger partial charge in [-0.05, 0) is 26.0 Å². The van der Waals surface area contributed by atoms with Crippen LogP contribution in [0.5, 0.6) is 5.75 Å². The second-order valence-corrected chi connectivity index (χ2v) is 7.90. The van der Waals surface area contributed by atoms with Crippen LogP contribution in [0.25, 0.3) is 0 Å². The molecule has 32 heavy (non-hydrogen) atoms. The van der Waals surface area contributed by atoms with E-state index in [2.05, 4.69) is 10.6 Å². The van der Waals surface area contributed by atoms with Crippen LogP contribution in [-0.4, -0.2) is 46.0 Å². The highest BCUT2D eigenvalue weighted by Gasteiger charge is 2.44. The van der Waals surface area contributed by atoms with Crippen molar-refractivity contribution in [3.05, 3.63) is 62.6 Å². The van der Waals surface area contributed by atoms with Gasteiger partial charge in [0.25, 0.3) is 11.8 Å². The first-order valence-electron chi connectivity index (χ1n) is 10.5. The summed E-state index contributed by atoms with van der Waals surface area (Å²) >= 11 is 0. The lowest BCUT2D eigenvalue weighted by atomic mass is 10.0. The van der Waals surface area contributed by atoms with Gasteiger partial charge in [-0.3, -0.25) is 14.4 Å². The molecule has 10 heteroatoms. The summed E-state index contributed by atoms with van der Waals surface area (Å²) in [7, 11) is 0. The van der Waals surface area contributed by atoms with E-state index in [1.807, 2.05) is 13.8 Å². The molecule has 0 spiro atoms. The smallest absolute Gasteiger partial charge is 0.274 e. The molecule has 0 saturated heterocycles. The second-order valence-electron chi connectivity index (χ2n) is 7.90. The van der Waals surface area contributed by atoms with E-state index in [1.54, 1.807) is 9.47 Å². The number of carbonyl (C=O) groups is 2. The summed E-state index contributed by atoms with van der Waals surface area (Å²) in [6.07, 6.45) is 0.534. The Morgan fingerprint density at radius 3 is 2.69 bits per heavy atom. The number of pyridine rings is 1. The van der Waals surface area contributed by atoms with Crippen LogP contribution in [0.15, 0.2) is 23.0 Å². The van der Waals surface area contributed by atoms with Crippen molar-refractivity contribution >= 4 is 11.8 Å². The van der Waals surface area contributed by atoms with Gasteiger partial charge in [-0.15, -0.1) is 0 Å². The molecule has 2 atom stereocenters. The zero-order valence-corrected chi connectivity index (χ0v) is 17.7. The third-order valence-corrected chi connectivity index (χ3v) is 6.08. The molecule has 3 heterocycles. The summed E-state index contributed by atoms with van der Waals surface area (Å²) in [5.74, 6) is -4.20. The number of aromatic nitrogens is 1. The highest BCUT2D eigenvalue weighted by atomic mass is 19.2. The van der Waals surface area contributed by atoms with Crippen LogP contribution in [0, 0.1) is 11.6 Å². The molecule has 1 aromatic heterocycles. The zero-order chi connectivity index (χ0) is 23.2. The van der Waals surface area contributed by atoms with Crippen molar-refractivity contribution in [3.8, 4) is 5.75 Å². The Balaban J connectivity index is 1.79. The normalized spacial score (nSPS) is 19.2. The fourth-order valence-electron chi connectivity index (χ4n) is 4.62. The van der Waals surface area contributed by atoms with Gasteiger partial charge in [0.05, 0.1) is 17.8 Å². The maximum absolute atomic E-state index is 14.0. The Labute approximate surface area is 182 Å². The number of hydrogen-bond donors (Lipinski definition) is 3. The van der Waals surface area contributed by atoms with Crippen LogP contribution < -0.4 is 16.1 Å². The van der Waals surface area contributed by atoms with E-state index in [0.717, 1.165) is 6.07 Å². The number of halogens is 2. The van der Waals surface area contributed by atoms with Crippen molar-refractivity contribution in [1.29, 1.82) is 0 Å². The number of amides is 2. The van der Waals surface area contributed by atoms with Gasteiger partial charge in [0.15, 0.2) is 23.1 Å². The van der Waals surface area contributed by atoms with Crippen LogP contribution in [0.4, 0.5) is 8.78 Å². The maximum atomic E-state index is 14.0. The van der Waals surface area contributed by atoms with E-state index < -0.39 is 34.6 Å². The molecular formula is C22H24F2N4O4. The molecule has 0 aliphatic carbocycles. The van der Waals surface area contributed by atoms with Gasteiger partial charge in [-0.1, -0.05) is 19.1 Å². The summed E-state index contributed by atoms with van der Waals surface area (Å²) in [4.78, 5) is 40.5. The summed E-state index contributed by atoms with van der Waals surface area (Å²) < 4.78 is 29.0. The topological polar surface area (TPSA) is 104 Å². The fourth-order valence-corrected chi connectivity index (χ4v) is 4.62. The Hall–Kier alpha value is -3.27. The van der Waals surface area contributed by atoms with Gasteiger partial charge in [0.1, 0.15) is 5.56 Å². The van der Waals surface area contributed by atoms with Crippen LogP contribution >= 0.6 is 0 Å². The predicted molar refractivity (Wildman–Crippen MR) is 112 cm³/mol. The van der Waals surface area contributed by atoms with Crippen molar-refractivity contribution in [2.75, 3.05) is 19.6 Å². The first-order valence-corrected chi connectivity index (χ1v) is 10.5. The molecule has 3 N–H and O–H groups in total. The number of likely N-dealkylation sites (N-methyl/N-ethyl adjacent to an activating group) is 1. The molecule has 0 radical (unpaired) electrons. The van der Waals surface area contributed by atoms with E-state index in [-0.39, 0.29) is 35.4 Å². The summed E-state index contributed by atoms with van der Waals surface area (Å²) in [5, 5.41) is 16.3. The summed E-state index contributed by atoms with van der Waals surface area (Å²) in [6.45, 7) is 4.73. The van der Waals surface area contributed by atoms with E-state index in [4.69, 9.17) is 0 Å². The molecule has 2 aliphatic rings. The minimum Gasteiger partial charge on any atom is -0.503 e. The Morgan fingerprint density at radius 1 is 1.25 bits per heavy atom. The number of carbonyl (C=O) groups excluding carboxylic acids is 2. The fraction of sp³-hybridized carbons (Fsp3) is 0.409. The molecule has 0 saturated carbocycles. The van der Waals surface area contributed by atoms with Crippen molar-refractivity contribution in [3.63, 3.8) is 0 Å². The van der Waals surface area contributed by atoms with Crippen molar-refractivity contribution in [2.24, 2.45) is 0 Å². The number of nitrogens with zero attached hydrogens (tertiary/aromatic N) is 2. The molecule has 2 amide bonds. The molecule has 8 nitrogen and oxygen atoms in total. The predicted octanol–water partition coefficient (Wildman–Crippen LogP) is 1.83. The van der Waals surface area contributed by atoms with Crippen LogP contribution in [-0.2, 0) is 6.54 Å². The first kappa shape index (κ1) is 21.9. The lowest BCUT2D eigenvalue weighted by Crippen LogP contribution is -2.44. The van der Waals surface area contributed by atoms with Crippen LogP contribution in [0.2, 0.25) is 0 Å². The molecule has 2 aliphatic heterocycles. The third-order valence-electron chi connectivity index (χ3n) is 6.08. The summed E-state index contributed by atoms with van der Waals surface area (Å²) in [6, 6.07) is 3.02. The Kier molecular flexibility index (Phi) is 5.72. The molecule has 2 aromatic rings. The quantitative estimate of drug-likeness (QED) is 0.628. The first-order chi connectivity index (χ1) is 15.3. The van der Waals surface area contributed by atoms with Crippen molar-refractivity contribution in [2.45, 2.75) is 38.9 Å². The maximum Gasteiger partial charge on any atom is 0.274 e. The van der Waals surface area contributed by atoms with Gasteiger partial charge >= 0.3 is 0 Å². The lowest BCUT2D eigenvalue weighted by Gasteiger charge is -2.33. The average Bonchev–Trinajstić information content (AvgIpc) is 3.11. The zero-order valence-electron chi connectivity index (χ0n) is 17.7. The minimum absolute atomic E-state index is 0.0769. The minimum atomic E-state index is -1.09. The number of benzene rings is 1.